The maximum absolute atomic E-state index is 11.1. The molecule has 0 spiro atoms. The van der Waals surface area contributed by atoms with Gasteiger partial charge in [0.15, 0.2) is 10.9 Å². The third-order valence-corrected chi connectivity index (χ3v) is 4.62. The van der Waals surface area contributed by atoms with Gasteiger partial charge in [0.05, 0.1) is 17.6 Å². The molecule has 1 atom stereocenters. The van der Waals surface area contributed by atoms with E-state index in [0.717, 1.165) is 16.4 Å². The Hall–Kier alpha value is -1.85. The van der Waals surface area contributed by atoms with Crippen LogP contribution in [0.15, 0.2) is 59.9 Å². The number of rotatable bonds is 3. The molecule has 108 valence electrons. The van der Waals surface area contributed by atoms with E-state index in [2.05, 4.69) is 9.98 Å². The van der Waals surface area contributed by atoms with Crippen LogP contribution in [0.1, 0.15) is 12.5 Å². The number of thioether (sulfide) groups is 1. The topological polar surface area (TPSA) is 48.7 Å². The fourth-order valence-electron chi connectivity index (χ4n) is 2.44. The van der Waals surface area contributed by atoms with Crippen molar-refractivity contribution in [1.82, 2.24) is 9.88 Å². The maximum Gasteiger partial charge on any atom is 0.175 e. The molecule has 1 aromatic heterocycles. The van der Waals surface area contributed by atoms with E-state index in [1.54, 1.807) is 24.2 Å². The predicted molar refractivity (Wildman–Crippen MR) is 86.5 cm³/mol. The van der Waals surface area contributed by atoms with Crippen LogP contribution in [0.3, 0.4) is 0 Å². The zero-order valence-electron chi connectivity index (χ0n) is 11.8. The van der Waals surface area contributed by atoms with E-state index < -0.39 is 5.72 Å². The first-order valence-electron chi connectivity index (χ1n) is 6.91. The largest absolute Gasteiger partial charge is 0.366 e. The van der Waals surface area contributed by atoms with Crippen molar-refractivity contribution in [3.63, 3.8) is 0 Å². The van der Waals surface area contributed by atoms with E-state index in [1.807, 2.05) is 54.3 Å². The summed E-state index contributed by atoms with van der Waals surface area (Å²) in [6.07, 6.45) is 3.45. The van der Waals surface area contributed by atoms with Gasteiger partial charge < -0.3 is 10.0 Å². The second-order valence-corrected chi connectivity index (χ2v) is 5.76. The first kappa shape index (κ1) is 14.1. The van der Waals surface area contributed by atoms with Crippen molar-refractivity contribution in [2.45, 2.75) is 12.6 Å². The molecule has 3 rings (SSSR count). The van der Waals surface area contributed by atoms with Crippen molar-refractivity contribution in [1.29, 1.82) is 0 Å². The van der Waals surface area contributed by atoms with Crippen LogP contribution in [-0.4, -0.2) is 32.5 Å². The van der Waals surface area contributed by atoms with Crippen LogP contribution < -0.4 is 0 Å². The Morgan fingerprint density at radius 1 is 1.29 bits per heavy atom. The SMILES string of the molecule is CCN1C(=Nc2cccnc2)SC[C@@]1(O)c1ccccc1. The highest BCUT2D eigenvalue weighted by atomic mass is 32.2. The number of pyridine rings is 1. The molecule has 1 saturated heterocycles. The predicted octanol–water partition coefficient (Wildman–Crippen LogP) is 2.98. The van der Waals surface area contributed by atoms with Gasteiger partial charge >= 0.3 is 0 Å². The first-order valence-corrected chi connectivity index (χ1v) is 7.89. The number of aromatic nitrogens is 1. The minimum Gasteiger partial charge on any atom is -0.366 e. The van der Waals surface area contributed by atoms with E-state index in [0.29, 0.717) is 12.3 Å². The van der Waals surface area contributed by atoms with Crippen LogP contribution in [0.4, 0.5) is 5.69 Å². The average molecular weight is 299 g/mol. The Labute approximate surface area is 128 Å². The Kier molecular flexibility index (Phi) is 3.94. The Morgan fingerprint density at radius 2 is 2.10 bits per heavy atom. The molecule has 1 aliphatic rings. The van der Waals surface area contributed by atoms with Crippen molar-refractivity contribution < 1.29 is 5.11 Å². The van der Waals surface area contributed by atoms with Gasteiger partial charge in [-0.05, 0) is 19.1 Å². The van der Waals surface area contributed by atoms with Crippen LogP contribution in [0.2, 0.25) is 0 Å². The lowest BCUT2D eigenvalue weighted by molar-refractivity contribution is -0.0452. The van der Waals surface area contributed by atoms with Gasteiger partial charge in [0.25, 0.3) is 0 Å². The number of amidine groups is 1. The van der Waals surface area contributed by atoms with E-state index in [-0.39, 0.29) is 0 Å². The first-order chi connectivity index (χ1) is 10.2. The molecule has 1 fully saturated rings. The van der Waals surface area contributed by atoms with Gasteiger partial charge in [-0.25, -0.2) is 4.99 Å². The van der Waals surface area contributed by atoms with Gasteiger partial charge in [-0.2, -0.15) is 0 Å². The summed E-state index contributed by atoms with van der Waals surface area (Å²) in [5, 5.41) is 11.9. The number of hydrogen-bond donors (Lipinski definition) is 1. The van der Waals surface area contributed by atoms with Gasteiger partial charge in [0, 0.05) is 18.3 Å². The van der Waals surface area contributed by atoms with E-state index >= 15 is 0 Å². The zero-order chi connectivity index (χ0) is 14.7. The summed E-state index contributed by atoms with van der Waals surface area (Å²) in [6.45, 7) is 2.72. The fourth-order valence-corrected chi connectivity index (χ4v) is 3.70. The van der Waals surface area contributed by atoms with Crippen LogP contribution in [0, 0.1) is 0 Å². The molecule has 21 heavy (non-hydrogen) atoms. The summed E-state index contributed by atoms with van der Waals surface area (Å²) in [7, 11) is 0. The van der Waals surface area contributed by atoms with Gasteiger partial charge in [-0.1, -0.05) is 42.1 Å². The standard InChI is InChI=1S/C16H17N3OS/c1-2-19-15(18-14-9-6-10-17-11-14)21-12-16(19,20)13-7-4-3-5-8-13/h3-11,20H,2,12H2,1H3/t16-/m1/s1. The van der Waals surface area contributed by atoms with Crippen molar-refractivity contribution in [3.05, 3.63) is 60.4 Å². The van der Waals surface area contributed by atoms with Gasteiger partial charge in [0.1, 0.15) is 0 Å². The lowest BCUT2D eigenvalue weighted by Crippen LogP contribution is -2.44. The molecule has 0 amide bonds. The van der Waals surface area contributed by atoms with Crippen LogP contribution >= 0.6 is 11.8 Å². The fraction of sp³-hybridized carbons (Fsp3) is 0.250. The number of aliphatic imine (C=N–C) groups is 1. The van der Waals surface area contributed by atoms with E-state index in [9.17, 15) is 5.11 Å². The molecule has 2 aromatic rings. The zero-order valence-corrected chi connectivity index (χ0v) is 12.6. The molecule has 4 nitrogen and oxygen atoms in total. The minimum atomic E-state index is -0.998. The van der Waals surface area contributed by atoms with Gasteiger partial charge in [-0.3, -0.25) is 4.98 Å². The summed E-state index contributed by atoms with van der Waals surface area (Å²) in [5.74, 6) is 0.573. The number of benzene rings is 1. The van der Waals surface area contributed by atoms with Crippen LogP contribution in [-0.2, 0) is 5.72 Å². The molecule has 1 aliphatic heterocycles. The Bertz CT molecular complexity index is 632. The molecule has 2 heterocycles. The van der Waals surface area contributed by atoms with Crippen LogP contribution in [0.5, 0.6) is 0 Å². The molecule has 1 N–H and O–H groups in total. The summed E-state index contributed by atoms with van der Waals surface area (Å²) in [5.41, 5.74) is 0.702. The second kappa shape index (κ2) is 5.87. The summed E-state index contributed by atoms with van der Waals surface area (Å²) in [6, 6.07) is 13.5. The van der Waals surface area contributed by atoms with Gasteiger partial charge in [-0.15, -0.1) is 0 Å². The Morgan fingerprint density at radius 3 is 2.76 bits per heavy atom. The molecule has 1 aromatic carbocycles. The van der Waals surface area contributed by atoms with Crippen molar-refractivity contribution in [2.75, 3.05) is 12.3 Å². The average Bonchev–Trinajstić information content (AvgIpc) is 2.86. The van der Waals surface area contributed by atoms with Crippen molar-refractivity contribution in [3.8, 4) is 0 Å². The van der Waals surface area contributed by atoms with Crippen molar-refractivity contribution >= 4 is 22.6 Å². The lowest BCUT2D eigenvalue weighted by Gasteiger charge is -2.33. The minimum absolute atomic E-state index is 0.573. The molecule has 0 saturated carbocycles. The maximum atomic E-state index is 11.1. The lowest BCUT2D eigenvalue weighted by atomic mass is 10.0. The summed E-state index contributed by atoms with van der Waals surface area (Å²) < 4.78 is 0. The van der Waals surface area contributed by atoms with E-state index in [4.69, 9.17) is 0 Å². The molecule has 5 heteroatoms. The second-order valence-electron chi connectivity index (χ2n) is 4.82. The molecular weight excluding hydrogens is 282 g/mol. The number of aliphatic hydroxyl groups is 1. The smallest absolute Gasteiger partial charge is 0.175 e. The van der Waals surface area contributed by atoms with E-state index in [1.165, 1.54) is 0 Å². The highest BCUT2D eigenvalue weighted by molar-refractivity contribution is 8.14. The van der Waals surface area contributed by atoms with Crippen LogP contribution in [0.25, 0.3) is 0 Å². The third-order valence-electron chi connectivity index (χ3n) is 3.50. The highest BCUT2D eigenvalue weighted by Gasteiger charge is 2.43. The molecule has 0 unspecified atom stereocenters. The molecule has 0 radical (unpaired) electrons. The summed E-state index contributed by atoms with van der Waals surface area (Å²) in [4.78, 5) is 10.6. The normalized spacial score (nSPS) is 23.7. The monoisotopic (exact) mass is 299 g/mol. The Balaban J connectivity index is 1.95. The third kappa shape index (κ3) is 2.66. The molecule has 0 bridgehead atoms. The quantitative estimate of drug-likeness (QED) is 0.946. The highest BCUT2D eigenvalue weighted by Crippen LogP contribution is 2.39. The molecular formula is C16H17N3OS. The summed E-state index contributed by atoms with van der Waals surface area (Å²) >= 11 is 1.57. The van der Waals surface area contributed by atoms with Crippen molar-refractivity contribution in [2.24, 2.45) is 4.99 Å². The van der Waals surface area contributed by atoms with Gasteiger partial charge in [0.2, 0.25) is 0 Å². The molecule has 0 aliphatic carbocycles. The number of hydrogen-bond acceptors (Lipinski definition) is 4. The number of nitrogens with zero attached hydrogens (tertiary/aromatic N) is 3.